The van der Waals surface area contributed by atoms with Gasteiger partial charge in [-0.1, -0.05) is 23.7 Å². The normalized spacial score (nSPS) is 18.1. The number of hydrogen-bond donors (Lipinski definition) is 1. The van der Waals surface area contributed by atoms with Crippen LogP contribution >= 0.6 is 11.6 Å². The van der Waals surface area contributed by atoms with Gasteiger partial charge in [0.15, 0.2) is 0 Å². The molecular weight excluding hydrogens is 496 g/mol. The van der Waals surface area contributed by atoms with Crippen LogP contribution in [0.25, 0.3) is 5.57 Å². The second-order valence-electron chi connectivity index (χ2n) is 10.2. The molecule has 10 heteroatoms. The molecule has 0 saturated carbocycles. The molecule has 1 saturated heterocycles. The van der Waals surface area contributed by atoms with E-state index in [0.29, 0.717) is 36.3 Å². The number of aromatic nitrogens is 2. The molecule has 2 aromatic heterocycles. The van der Waals surface area contributed by atoms with E-state index < -0.39 is 5.60 Å². The molecule has 2 aliphatic heterocycles. The van der Waals surface area contributed by atoms with Crippen LogP contribution in [0.2, 0.25) is 5.02 Å². The van der Waals surface area contributed by atoms with Crippen molar-refractivity contribution in [2.24, 2.45) is 0 Å². The lowest BCUT2D eigenvalue weighted by atomic mass is 10.0. The highest BCUT2D eigenvalue weighted by atomic mass is 35.5. The van der Waals surface area contributed by atoms with Gasteiger partial charge in [0.05, 0.1) is 31.5 Å². The van der Waals surface area contributed by atoms with Crippen molar-refractivity contribution < 1.29 is 23.8 Å². The molecule has 2 amide bonds. The first-order chi connectivity index (χ1) is 17.7. The zero-order valence-corrected chi connectivity index (χ0v) is 22.2. The first-order valence-corrected chi connectivity index (χ1v) is 12.9. The molecular formula is C27H33ClN4O5. The van der Waals surface area contributed by atoms with Crippen molar-refractivity contribution in [3.05, 3.63) is 52.9 Å². The summed E-state index contributed by atoms with van der Waals surface area (Å²) in [6.45, 7) is 7.85. The van der Waals surface area contributed by atoms with E-state index in [-0.39, 0.29) is 24.5 Å². The molecule has 0 radical (unpaired) electrons. The third kappa shape index (κ3) is 7.90. The van der Waals surface area contributed by atoms with Crippen LogP contribution in [0.15, 0.2) is 36.7 Å². The molecule has 0 aromatic carbocycles. The minimum Gasteiger partial charge on any atom is -0.486 e. The van der Waals surface area contributed by atoms with Crippen molar-refractivity contribution >= 4 is 35.0 Å². The summed E-state index contributed by atoms with van der Waals surface area (Å²) in [5.74, 6) is 0.597. The number of carbonyl (C=O) groups is 2. The summed E-state index contributed by atoms with van der Waals surface area (Å²) in [5.41, 5.74) is 1.94. The fourth-order valence-electron chi connectivity index (χ4n) is 4.07. The quantitative estimate of drug-likeness (QED) is 0.569. The zero-order valence-electron chi connectivity index (χ0n) is 21.5. The largest absolute Gasteiger partial charge is 0.486 e. The molecule has 0 spiro atoms. The van der Waals surface area contributed by atoms with Gasteiger partial charge in [0.25, 0.3) is 0 Å². The average Bonchev–Trinajstić information content (AvgIpc) is 2.86. The minimum atomic E-state index is -0.542. The molecule has 1 N–H and O–H groups in total. The molecule has 37 heavy (non-hydrogen) atoms. The highest BCUT2D eigenvalue weighted by molar-refractivity contribution is 6.32. The predicted molar refractivity (Wildman–Crippen MR) is 141 cm³/mol. The van der Waals surface area contributed by atoms with E-state index in [0.717, 1.165) is 42.7 Å². The first-order valence-electron chi connectivity index (χ1n) is 12.5. The van der Waals surface area contributed by atoms with Gasteiger partial charge in [0, 0.05) is 25.4 Å². The maximum atomic E-state index is 12.6. The van der Waals surface area contributed by atoms with Crippen LogP contribution in [-0.2, 0) is 20.7 Å². The zero-order chi connectivity index (χ0) is 26.4. The summed E-state index contributed by atoms with van der Waals surface area (Å²) < 4.78 is 16.9. The smallest absolute Gasteiger partial charge is 0.410 e. The number of carbonyl (C=O) groups excluding carboxylic acids is 2. The lowest BCUT2D eigenvalue weighted by molar-refractivity contribution is -0.115. The molecule has 4 rings (SSSR count). The number of pyridine rings is 2. The lowest BCUT2D eigenvalue weighted by Crippen LogP contribution is -2.39. The van der Waals surface area contributed by atoms with Crippen LogP contribution in [0.1, 0.15) is 51.3 Å². The van der Waals surface area contributed by atoms with Crippen molar-refractivity contribution in [1.82, 2.24) is 14.9 Å². The SMILES string of the molecule is CC(C)(C)OC(=O)N1CCC=C(c2ccc(CC(=O)Nc3cc(OC4CCCOC4)c(Cl)cn3)cn2)C1. The summed E-state index contributed by atoms with van der Waals surface area (Å²) in [6, 6.07) is 5.36. The van der Waals surface area contributed by atoms with E-state index in [2.05, 4.69) is 21.4 Å². The molecule has 198 valence electrons. The number of hydrogen-bond acceptors (Lipinski definition) is 7. The van der Waals surface area contributed by atoms with E-state index in [4.69, 9.17) is 25.8 Å². The third-order valence-electron chi connectivity index (χ3n) is 5.82. The monoisotopic (exact) mass is 528 g/mol. The van der Waals surface area contributed by atoms with E-state index >= 15 is 0 Å². The Morgan fingerprint density at radius 3 is 2.78 bits per heavy atom. The Morgan fingerprint density at radius 2 is 2.08 bits per heavy atom. The second kappa shape index (κ2) is 11.9. The van der Waals surface area contributed by atoms with Crippen LogP contribution in [0.4, 0.5) is 10.6 Å². The van der Waals surface area contributed by atoms with Gasteiger partial charge < -0.3 is 24.4 Å². The molecule has 1 unspecified atom stereocenters. The van der Waals surface area contributed by atoms with Gasteiger partial charge in [-0.15, -0.1) is 0 Å². The van der Waals surface area contributed by atoms with Crippen LogP contribution in [-0.4, -0.2) is 64.9 Å². The van der Waals surface area contributed by atoms with E-state index in [1.54, 1.807) is 17.2 Å². The number of nitrogens with zero attached hydrogens (tertiary/aromatic N) is 3. The summed E-state index contributed by atoms with van der Waals surface area (Å²) in [6.07, 6.45) is 7.50. The molecule has 1 atom stereocenters. The van der Waals surface area contributed by atoms with Gasteiger partial charge in [-0.25, -0.2) is 9.78 Å². The fraction of sp³-hybridized carbons (Fsp3) is 0.481. The van der Waals surface area contributed by atoms with Gasteiger partial charge >= 0.3 is 6.09 Å². The van der Waals surface area contributed by atoms with Crippen molar-refractivity contribution in [2.45, 2.75) is 58.2 Å². The molecule has 1 fully saturated rings. The summed E-state index contributed by atoms with van der Waals surface area (Å²) in [7, 11) is 0. The average molecular weight is 529 g/mol. The van der Waals surface area contributed by atoms with Gasteiger partial charge in [-0.3, -0.25) is 9.78 Å². The first kappa shape index (κ1) is 26.9. The molecule has 0 bridgehead atoms. The highest BCUT2D eigenvalue weighted by Gasteiger charge is 2.25. The van der Waals surface area contributed by atoms with Gasteiger partial charge in [0.2, 0.25) is 5.91 Å². The lowest BCUT2D eigenvalue weighted by Gasteiger charge is -2.30. The van der Waals surface area contributed by atoms with Crippen LogP contribution in [0.5, 0.6) is 5.75 Å². The van der Waals surface area contributed by atoms with E-state index in [9.17, 15) is 9.59 Å². The Hall–Kier alpha value is -3.17. The summed E-state index contributed by atoms with van der Waals surface area (Å²) in [4.78, 5) is 35.5. The van der Waals surface area contributed by atoms with Crippen molar-refractivity contribution in [3.8, 4) is 5.75 Å². The Kier molecular flexibility index (Phi) is 8.66. The van der Waals surface area contributed by atoms with Crippen molar-refractivity contribution in [2.75, 3.05) is 31.6 Å². The molecule has 0 aliphatic carbocycles. The van der Waals surface area contributed by atoms with E-state index in [1.165, 1.54) is 6.20 Å². The van der Waals surface area contributed by atoms with Gasteiger partial charge in [-0.05, 0) is 57.2 Å². The highest BCUT2D eigenvalue weighted by Crippen LogP contribution is 2.28. The third-order valence-corrected chi connectivity index (χ3v) is 6.10. The number of nitrogens with one attached hydrogen (secondary N) is 1. The predicted octanol–water partition coefficient (Wildman–Crippen LogP) is 4.89. The number of rotatable bonds is 6. The number of ether oxygens (including phenoxy) is 3. The summed E-state index contributed by atoms with van der Waals surface area (Å²) >= 11 is 6.23. The Bertz CT molecular complexity index is 1140. The van der Waals surface area contributed by atoms with Crippen molar-refractivity contribution in [1.29, 1.82) is 0 Å². The Balaban J connectivity index is 1.32. The van der Waals surface area contributed by atoms with Crippen LogP contribution < -0.4 is 10.1 Å². The van der Waals surface area contributed by atoms with E-state index in [1.807, 2.05) is 32.9 Å². The van der Waals surface area contributed by atoms with Gasteiger partial charge in [0.1, 0.15) is 28.3 Å². The van der Waals surface area contributed by atoms with Crippen LogP contribution in [0, 0.1) is 0 Å². The molecule has 4 heterocycles. The number of halogens is 1. The standard InChI is InChI=1S/C27H33ClN4O5/c1-27(2,3)37-26(34)32-10-4-6-19(16-32)22-9-8-18(14-29-22)12-25(33)31-24-13-23(21(28)15-30-24)36-20-7-5-11-35-17-20/h6,8-9,13-15,20H,4-5,7,10-12,16-17H2,1-3H3,(H,30,31,33). The second-order valence-corrected chi connectivity index (χ2v) is 10.6. The Morgan fingerprint density at radius 1 is 1.24 bits per heavy atom. The minimum absolute atomic E-state index is 0.0720. The number of anilines is 1. The Labute approximate surface area is 222 Å². The number of amides is 2. The van der Waals surface area contributed by atoms with Crippen LogP contribution in [0.3, 0.4) is 0 Å². The topological polar surface area (TPSA) is 103 Å². The molecule has 2 aliphatic rings. The molecule has 2 aromatic rings. The maximum Gasteiger partial charge on any atom is 0.410 e. The van der Waals surface area contributed by atoms with Crippen molar-refractivity contribution in [3.63, 3.8) is 0 Å². The maximum absolute atomic E-state index is 12.6. The summed E-state index contributed by atoms with van der Waals surface area (Å²) in [5, 5.41) is 3.17. The molecule has 9 nitrogen and oxygen atoms in total. The van der Waals surface area contributed by atoms with Gasteiger partial charge in [-0.2, -0.15) is 0 Å². The fourth-order valence-corrected chi connectivity index (χ4v) is 4.21.